The molecule has 142 valence electrons. The standard InChI is InChI=1S/C20H18N4O3S/c1-14-7-9-18(27-2)19(11-14)28(25,26)24-20-10-8-16(13-22-20)23-17-6-4-3-5-15(17)12-21/h3-11,13,23H,1-2H3,(H,22,24). The smallest absolute Gasteiger partial charge is 0.266 e. The number of para-hydroxylation sites is 1. The van der Waals surface area contributed by atoms with Crippen LogP contribution in [0.4, 0.5) is 17.2 Å². The van der Waals surface area contributed by atoms with Gasteiger partial charge in [0, 0.05) is 0 Å². The summed E-state index contributed by atoms with van der Waals surface area (Å²) in [6, 6.07) is 17.3. The van der Waals surface area contributed by atoms with E-state index >= 15 is 0 Å². The largest absolute Gasteiger partial charge is 0.495 e. The number of aryl methyl sites for hydroxylation is 1. The fraction of sp³-hybridized carbons (Fsp3) is 0.100. The molecule has 0 bridgehead atoms. The zero-order chi connectivity index (χ0) is 20.1. The van der Waals surface area contributed by atoms with E-state index < -0.39 is 10.0 Å². The Morgan fingerprint density at radius 1 is 1.11 bits per heavy atom. The van der Waals surface area contributed by atoms with Crippen LogP contribution in [0.15, 0.2) is 65.7 Å². The van der Waals surface area contributed by atoms with Crippen LogP contribution in [0.2, 0.25) is 0 Å². The van der Waals surface area contributed by atoms with Gasteiger partial charge in [-0.15, -0.1) is 0 Å². The highest BCUT2D eigenvalue weighted by Gasteiger charge is 2.20. The number of nitrogens with one attached hydrogen (secondary N) is 2. The maximum absolute atomic E-state index is 12.7. The van der Waals surface area contributed by atoms with Gasteiger partial charge < -0.3 is 10.1 Å². The summed E-state index contributed by atoms with van der Waals surface area (Å²) in [5.74, 6) is 0.423. The van der Waals surface area contributed by atoms with E-state index in [2.05, 4.69) is 21.1 Å². The van der Waals surface area contributed by atoms with Crippen LogP contribution in [0, 0.1) is 18.3 Å². The Hall–Kier alpha value is -3.57. The summed E-state index contributed by atoms with van der Waals surface area (Å²) in [5.41, 5.74) is 2.56. The molecule has 0 aliphatic rings. The number of nitrogens with zero attached hydrogens (tertiary/aromatic N) is 2. The number of hydrogen-bond donors (Lipinski definition) is 2. The zero-order valence-corrected chi connectivity index (χ0v) is 16.1. The summed E-state index contributed by atoms with van der Waals surface area (Å²) in [6.07, 6.45) is 1.49. The van der Waals surface area contributed by atoms with E-state index in [1.54, 1.807) is 43.3 Å². The fourth-order valence-electron chi connectivity index (χ4n) is 2.56. The fourth-order valence-corrected chi connectivity index (χ4v) is 3.82. The van der Waals surface area contributed by atoms with E-state index in [-0.39, 0.29) is 16.5 Å². The van der Waals surface area contributed by atoms with Crippen LogP contribution in [-0.2, 0) is 10.0 Å². The van der Waals surface area contributed by atoms with E-state index in [1.807, 2.05) is 6.07 Å². The number of nitriles is 1. The number of rotatable bonds is 6. The molecule has 28 heavy (non-hydrogen) atoms. The molecule has 0 saturated heterocycles. The monoisotopic (exact) mass is 394 g/mol. The van der Waals surface area contributed by atoms with Crippen molar-refractivity contribution in [2.75, 3.05) is 17.1 Å². The molecular weight excluding hydrogens is 376 g/mol. The van der Waals surface area contributed by atoms with Crippen molar-refractivity contribution in [3.8, 4) is 11.8 Å². The zero-order valence-electron chi connectivity index (χ0n) is 15.3. The lowest BCUT2D eigenvalue weighted by Gasteiger charge is -2.12. The third kappa shape index (κ3) is 4.22. The predicted molar refractivity (Wildman–Crippen MR) is 107 cm³/mol. The van der Waals surface area contributed by atoms with Crippen LogP contribution in [0.5, 0.6) is 5.75 Å². The third-order valence-electron chi connectivity index (χ3n) is 3.94. The van der Waals surface area contributed by atoms with Crippen LogP contribution in [0.1, 0.15) is 11.1 Å². The lowest BCUT2D eigenvalue weighted by molar-refractivity contribution is 0.402. The minimum atomic E-state index is -3.86. The number of methoxy groups -OCH3 is 1. The summed E-state index contributed by atoms with van der Waals surface area (Å²) in [6.45, 7) is 1.80. The number of ether oxygens (including phenoxy) is 1. The van der Waals surface area contributed by atoms with Crippen molar-refractivity contribution >= 4 is 27.2 Å². The minimum absolute atomic E-state index is 0.0435. The molecule has 0 atom stereocenters. The Bertz CT molecular complexity index is 1140. The van der Waals surface area contributed by atoms with Gasteiger partial charge in [-0.3, -0.25) is 4.72 Å². The molecule has 2 N–H and O–H groups in total. The molecule has 7 nitrogen and oxygen atoms in total. The number of hydrogen-bond acceptors (Lipinski definition) is 6. The highest BCUT2D eigenvalue weighted by Crippen LogP contribution is 2.27. The minimum Gasteiger partial charge on any atom is -0.495 e. The highest BCUT2D eigenvalue weighted by molar-refractivity contribution is 7.92. The van der Waals surface area contributed by atoms with Gasteiger partial charge in [0.2, 0.25) is 0 Å². The first-order valence-electron chi connectivity index (χ1n) is 8.32. The topological polar surface area (TPSA) is 104 Å². The second-order valence-electron chi connectivity index (χ2n) is 5.97. The van der Waals surface area contributed by atoms with Gasteiger partial charge in [-0.25, -0.2) is 13.4 Å². The molecular formula is C20H18N4O3S. The molecule has 1 heterocycles. The molecule has 0 aliphatic heterocycles. The Kier molecular flexibility index (Phi) is 5.47. The molecule has 3 aromatic rings. The molecule has 3 rings (SSSR count). The quantitative estimate of drug-likeness (QED) is 0.659. The second kappa shape index (κ2) is 7.98. The van der Waals surface area contributed by atoms with Gasteiger partial charge in [-0.2, -0.15) is 5.26 Å². The van der Waals surface area contributed by atoms with Gasteiger partial charge in [-0.05, 0) is 48.9 Å². The number of pyridine rings is 1. The van der Waals surface area contributed by atoms with Crippen molar-refractivity contribution in [1.82, 2.24) is 4.98 Å². The van der Waals surface area contributed by atoms with E-state index in [1.165, 1.54) is 25.4 Å². The highest BCUT2D eigenvalue weighted by atomic mass is 32.2. The molecule has 0 fully saturated rings. The van der Waals surface area contributed by atoms with Crippen LogP contribution >= 0.6 is 0 Å². The molecule has 1 aromatic heterocycles. The van der Waals surface area contributed by atoms with Crippen molar-refractivity contribution in [3.63, 3.8) is 0 Å². The second-order valence-corrected chi connectivity index (χ2v) is 7.63. The van der Waals surface area contributed by atoms with Gasteiger partial charge in [0.25, 0.3) is 10.0 Å². The molecule has 8 heteroatoms. The Morgan fingerprint density at radius 2 is 1.89 bits per heavy atom. The first kappa shape index (κ1) is 19.2. The number of aromatic nitrogens is 1. The normalized spacial score (nSPS) is 10.8. The molecule has 0 radical (unpaired) electrons. The maximum Gasteiger partial charge on any atom is 0.266 e. The Balaban J connectivity index is 1.81. The summed E-state index contributed by atoms with van der Waals surface area (Å²) in [5, 5.41) is 12.2. The summed E-state index contributed by atoms with van der Waals surface area (Å²) in [7, 11) is -2.44. The first-order chi connectivity index (χ1) is 13.4. The van der Waals surface area contributed by atoms with Crippen LogP contribution in [-0.4, -0.2) is 20.5 Å². The van der Waals surface area contributed by atoms with E-state index in [4.69, 9.17) is 10.00 Å². The summed E-state index contributed by atoms with van der Waals surface area (Å²) >= 11 is 0. The van der Waals surface area contributed by atoms with E-state index in [0.29, 0.717) is 16.9 Å². The van der Waals surface area contributed by atoms with Crippen molar-refractivity contribution in [1.29, 1.82) is 5.26 Å². The molecule has 0 saturated carbocycles. The summed E-state index contributed by atoms with van der Waals surface area (Å²) in [4.78, 5) is 4.19. The molecule has 0 aliphatic carbocycles. The third-order valence-corrected chi connectivity index (χ3v) is 5.31. The van der Waals surface area contributed by atoms with Crippen molar-refractivity contribution in [3.05, 3.63) is 71.9 Å². The average molecular weight is 394 g/mol. The summed E-state index contributed by atoms with van der Waals surface area (Å²) < 4.78 is 33.0. The first-order valence-corrected chi connectivity index (χ1v) is 9.81. The van der Waals surface area contributed by atoms with Crippen molar-refractivity contribution in [2.24, 2.45) is 0 Å². The van der Waals surface area contributed by atoms with Gasteiger partial charge >= 0.3 is 0 Å². The van der Waals surface area contributed by atoms with Gasteiger partial charge in [0.1, 0.15) is 22.5 Å². The van der Waals surface area contributed by atoms with E-state index in [9.17, 15) is 8.42 Å². The number of benzene rings is 2. The van der Waals surface area contributed by atoms with Crippen molar-refractivity contribution in [2.45, 2.75) is 11.8 Å². The van der Waals surface area contributed by atoms with Crippen LogP contribution in [0.25, 0.3) is 0 Å². The van der Waals surface area contributed by atoms with Gasteiger partial charge in [0.15, 0.2) is 0 Å². The Morgan fingerprint density at radius 3 is 2.57 bits per heavy atom. The van der Waals surface area contributed by atoms with Gasteiger partial charge in [0.05, 0.1) is 30.2 Å². The Labute approximate surface area is 163 Å². The van der Waals surface area contributed by atoms with Crippen LogP contribution in [0.3, 0.4) is 0 Å². The molecule has 2 aromatic carbocycles. The lowest BCUT2D eigenvalue weighted by atomic mass is 10.2. The SMILES string of the molecule is COc1ccc(C)cc1S(=O)(=O)Nc1ccc(Nc2ccccc2C#N)cn1. The number of anilines is 3. The van der Waals surface area contributed by atoms with Crippen molar-refractivity contribution < 1.29 is 13.2 Å². The van der Waals surface area contributed by atoms with Crippen LogP contribution < -0.4 is 14.8 Å². The molecule has 0 amide bonds. The maximum atomic E-state index is 12.7. The molecule has 0 spiro atoms. The van der Waals surface area contributed by atoms with Gasteiger partial charge in [-0.1, -0.05) is 18.2 Å². The van der Waals surface area contributed by atoms with E-state index in [0.717, 1.165) is 5.56 Å². The molecule has 0 unspecified atom stereocenters. The lowest BCUT2D eigenvalue weighted by Crippen LogP contribution is -2.15. The predicted octanol–water partition coefficient (Wildman–Crippen LogP) is 3.81. The number of sulfonamides is 1. The average Bonchev–Trinajstić information content (AvgIpc) is 2.69.